The highest BCUT2D eigenvalue weighted by molar-refractivity contribution is 5.79. The number of hydrogen-bond acceptors (Lipinski definition) is 3. The van der Waals surface area contributed by atoms with Gasteiger partial charge in [-0.25, -0.2) is 0 Å². The van der Waals surface area contributed by atoms with Crippen LogP contribution in [0.2, 0.25) is 0 Å². The Balaban J connectivity index is 1.89. The molecule has 1 unspecified atom stereocenters. The van der Waals surface area contributed by atoms with Crippen LogP contribution in [0.5, 0.6) is 0 Å². The number of hydrogen-bond donors (Lipinski definition) is 2. The lowest BCUT2D eigenvalue weighted by Gasteiger charge is -2.33. The van der Waals surface area contributed by atoms with Crippen molar-refractivity contribution in [1.29, 1.82) is 0 Å². The van der Waals surface area contributed by atoms with Crippen LogP contribution in [-0.4, -0.2) is 44.1 Å². The molecule has 2 rings (SSSR count). The van der Waals surface area contributed by atoms with E-state index in [4.69, 9.17) is 4.42 Å². The summed E-state index contributed by atoms with van der Waals surface area (Å²) in [5, 5.41) is 6.86. The van der Waals surface area contributed by atoms with Gasteiger partial charge < -0.3 is 15.1 Å². The molecular formula is C18H32N4O. The molecule has 1 aliphatic rings. The van der Waals surface area contributed by atoms with Crippen LogP contribution in [0.1, 0.15) is 51.3 Å². The molecule has 0 bridgehead atoms. The van der Waals surface area contributed by atoms with Crippen molar-refractivity contribution in [3.05, 3.63) is 24.2 Å². The average molecular weight is 320 g/mol. The maximum Gasteiger partial charge on any atom is 0.191 e. The summed E-state index contributed by atoms with van der Waals surface area (Å²) in [4.78, 5) is 6.85. The van der Waals surface area contributed by atoms with Gasteiger partial charge in [0.05, 0.1) is 12.3 Å². The van der Waals surface area contributed by atoms with Gasteiger partial charge in [-0.05, 0) is 50.4 Å². The minimum atomic E-state index is 0.272. The SMILES string of the molecule is CN=C(NCCC(C)C)NCC(c1ccco1)N1CCCCC1. The maximum atomic E-state index is 5.69. The predicted molar refractivity (Wildman–Crippen MR) is 95.7 cm³/mol. The molecule has 0 aromatic carbocycles. The van der Waals surface area contributed by atoms with Crippen LogP contribution >= 0.6 is 0 Å². The molecule has 0 amide bonds. The highest BCUT2D eigenvalue weighted by Gasteiger charge is 2.24. The Morgan fingerprint density at radius 2 is 2.04 bits per heavy atom. The fourth-order valence-corrected chi connectivity index (χ4v) is 3.01. The third-order valence-corrected chi connectivity index (χ3v) is 4.40. The molecule has 5 heteroatoms. The number of furan rings is 1. The molecule has 23 heavy (non-hydrogen) atoms. The zero-order valence-electron chi connectivity index (χ0n) is 14.8. The Hall–Kier alpha value is -1.49. The summed E-state index contributed by atoms with van der Waals surface area (Å²) < 4.78 is 5.69. The molecule has 2 heterocycles. The number of nitrogens with one attached hydrogen (secondary N) is 2. The van der Waals surface area contributed by atoms with Gasteiger partial charge in [0.1, 0.15) is 5.76 Å². The quantitative estimate of drug-likeness (QED) is 0.599. The molecule has 1 aromatic heterocycles. The van der Waals surface area contributed by atoms with Crippen LogP contribution in [0.25, 0.3) is 0 Å². The van der Waals surface area contributed by atoms with E-state index in [0.29, 0.717) is 5.92 Å². The number of piperidine rings is 1. The molecule has 1 saturated heterocycles. The number of rotatable bonds is 7. The second-order valence-electron chi connectivity index (χ2n) is 6.69. The van der Waals surface area contributed by atoms with E-state index in [1.165, 1.54) is 19.3 Å². The minimum absolute atomic E-state index is 0.272. The number of aliphatic imine (C=N–C) groups is 1. The standard InChI is InChI=1S/C18H32N4O/c1-15(2)9-10-20-18(19-3)21-14-16(17-8-7-13-23-17)22-11-5-4-6-12-22/h7-8,13,15-16H,4-6,9-12,14H2,1-3H3,(H2,19,20,21). The fraction of sp³-hybridized carbons (Fsp3) is 0.722. The van der Waals surface area contributed by atoms with Crippen molar-refractivity contribution >= 4 is 5.96 Å². The minimum Gasteiger partial charge on any atom is -0.468 e. The summed E-state index contributed by atoms with van der Waals surface area (Å²) in [6.45, 7) is 8.53. The molecule has 1 aliphatic heterocycles. The smallest absolute Gasteiger partial charge is 0.191 e. The molecule has 0 spiro atoms. The van der Waals surface area contributed by atoms with Gasteiger partial charge in [0.15, 0.2) is 5.96 Å². The van der Waals surface area contributed by atoms with Gasteiger partial charge in [-0.2, -0.15) is 0 Å². The van der Waals surface area contributed by atoms with Crippen LogP contribution in [0.4, 0.5) is 0 Å². The first-order valence-corrected chi connectivity index (χ1v) is 8.92. The van der Waals surface area contributed by atoms with Crippen molar-refractivity contribution in [2.24, 2.45) is 10.9 Å². The molecule has 0 aliphatic carbocycles. The summed E-state index contributed by atoms with van der Waals surface area (Å²) >= 11 is 0. The average Bonchev–Trinajstić information content (AvgIpc) is 3.08. The van der Waals surface area contributed by atoms with Crippen molar-refractivity contribution in [3.8, 4) is 0 Å². The number of nitrogens with zero attached hydrogens (tertiary/aromatic N) is 2. The van der Waals surface area contributed by atoms with E-state index < -0.39 is 0 Å². The largest absolute Gasteiger partial charge is 0.468 e. The first-order valence-electron chi connectivity index (χ1n) is 8.92. The van der Waals surface area contributed by atoms with E-state index in [9.17, 15) is 0 Å². The van der Waals surface area contributed by atoms with Crippen LogP contribution in [0.15, 0.2) is 27.8 Å². The lowest BCUT2D eigenvalue weighted by Crippen LogP contribution is -2.44. The van der Waals surface area contributed by atoms with Crippen molar-refractivity contribution < 1.29 is 4.42 Å². The monoisotopic (exact) mass is 320 g/mol. The molecule has 5 nitrogen and oxygen atoms in total. The molecule has 1 atom stereocenters. The first-order chi connectivity index (χ1) is 11.2. The van der Waals surface area contributed by atoms with E-state index in [1.54, 1.807) is 6.26 Å². The highest BCUT2D eigenvalue weighted by Crippen LogP contribution is 2.24. The zero-order valence-corrected chi connectivity index (χ0v) is 14.8. The van der Waals surface area contributed by atoms with Crippen LogP contribution < -0.4 is 10.6 Å². The van der Waals surface area contributed by atoms with E-state index in [0.717, 1.165) is 44.3 Å². The lowest BCUT2D eigenvalue weighted by molar-refractivity contribution is 0.146. The fourth-order valence-electron chi connectivity index (χ4n) is 3.01. The van der Waals surface area contributed by atoms with Gasteiger partial charge in [0.25, 0.3) is 0 Å². The lowest BCUT2D eigenvalue weighted by atomic mass is 10.1. The summed E-state index contributed by atoms with van der Waals surface area (Å²) in [5.41, 5.74) is 0. The van der Waals surface area contributed by atoms with Gasteiger partial charge in [-0.3, -0.25) is 9.89 Å². The van der Waals surface area contributed by atoms with Crippen LogP contribution in [0, 0.1) is 5.92 Å². The normalized spacial score (nSPS) is 18.2. The van der Waals surface area contributed by atoms with E-state index in [2.05, 4.69) is 40.4 Å². The molecule has 0 saturated carbocycles. The maximum absolute atomic E-state index is 5.69. The number of likely N-dealkylation sites (tertiary alicyclic amines) is 1. The van der Waals surface area contributed by atoms with E-state index in [1.807, 2.05) is 13.1 Å². The molecular weight excluding hydrogens is 288 g/mol. The van der Waals surface area contributed by atoms with Gasteiger partial charge in [-0.1, -0.05) is 20.3 Å². The Morgan fingerprint density at radius 3 is 2.65 bits per heavy atom. The predicted octanol–water partition coefficient (Wildman–Crippen LogP) is 3.02. The molecule has 0 radical (unpaired) electrons. The van der Waals surface area contributed by atoms with E-state index in [-0.39, 0.29) is 6.04 Å². The first kappa shape index (κ1) is 17.9. The molecule has 130 valence electrons. The summed E-state index contributed by atoms with van der Waals surface area (Å²) in [7, 11) is 1.83. The summed E-state index contributed by atoms with van der Waals surface area (Å²) in [6, 6.07) is 4.33. The highest BCUT2D eigenvalue weighted by atomic mass is 16.3. The Kier molecular flexibility index (Phi) is 7.46. The van der Waals surface area contributed by atoms with E-state index >= 15 is 0 Å². The Labute approximate surface area is 140 Å². The zero-order chi connectivity index (χ0) is 16.5. The molecule has 2 N–H and O–H groups in total. The second kappa shape index (κ2) is 9.60. The molecule has 1 fully saturated rings. The third-order valence-electron chi connectivity index (χ3n) is 4.40. The van der Waals surface area contributed by atoms with Crippen molar-refractivity contribution in [1.82, 2.24) is 15.5 Å². The summed E-state index contributed by atoms with van der Waals surface area (Å²) in [5.74, 6) is 2.61. The molecule has 1 aromatic rings. The van der Waals surface area contributed by atoms with Crippen LogP contribution in [-0.2, 0) is 0 Å². The number of guanidine groups is 1. The van der Waals surface area contributed by atoms with Gasteiger partial charge in [0, 0.05) is 20.1 Å². The van der Waals surface area contributed by atoms with Gasteiger partial charge >= 0.3 is 0 Å². The topological polar surface area (TPSA) is 52.8 Å². The van der Waals surface area contributed by atoms with Crippen molar-refractivity contribution in [3.63, 3.8) is 0 Å². The second-order valence-corrected chi connectivity index (χ2v) is 6.69. The third kappa shape index (κ3) is 5.90. The van der Waals surface area contributed by atoms with Gasteiger partial charge in [0.2, 0.25) is 0 Å². The van der Waals surface area contributed by atoms with Crippen molar-refractivity contribution in [2.75, 3.05) is 33.2 Å². The summed E-state index contributed by atoms with van der Waals surface area (Å²) in [6.07, 6.45) is 6.81. The van der Waals surface area contributed by atoms with Gasteiger partial charge in [-0.15, -0.1) is 0 Å². The van der Waals surface area contributed by atoms with Crippen molar-refractivity contribution in [2.45, 2.75) is 45.6 Å². The van der Waals surface area contributed by atoms with Crippen LogP contribution in [0.3, 0.4) is 0 Å². The Morgan fingerprint density at radius 1 is 1.26 bits per heavy atom. The Bertz CT molecular complexity index is 450.